The standard InChI is InChI=1S/C15H21N3O3/c1-11-6-7-14(18(20)21)8-15(11)17(5)10-13(12(2)19)9-16(3)4/h6-9H,10H2,1-5H3/b13-9-. The molecule has 0 N–H and O–H groups in total. The molecule has 0 aliphatic carbocycles. The van der Waals surface area contributed by atoms with Crippen LogP contribution in [0.4, 0.5) is 11.4 Å². The van der Waals surface area contributed by atoms with Gasteiger partial charge in [-0.05, 0) is 19.4 Å². The molecule has 0 amide bonds. The number of nitro groups is 1. The lowest BCUT2D eigenvalue weighted by molar-refractivity contribution is -0.384. The van der Waals surface area contributed by atoms with Crippen molar-refractivity contribution in [3.8, 4) is 0 Å². The van der Waals surface area contributed by atoms with E-state index in [1.165, 1.54) is 19.1 Å². The Bertz CT molecular complexity index is 580. The largest absolute Gasteiger partial charge is 0.383 e. The molecule has 0 aromatic heterocycles. The third-order valence-electron chi connectivity index (χ3n) is 3.09. The summed E-state index contributed by atoms with van der Waals surface area (Å²) in [4.78, 5) is 25.8. The topological polar surface area (TPSA) is 66.7 Å². The predicted molar refractivity (Wildman–Crippen MR) is 83.6 cm³/mol. The number of nitro benzene ring substituents is 1. The molecule has 0 saturated carbocycles. The molecule has 1 rings (SSSR count). The number of aryl methyl sites for hydroxylation is 1. The molecule has 0 fully saturated rings. The van der Waals surface area contributed by atoms with Gasteiger partial charge in [0.25, 0.3) is 5.69 Å². The Morgan fingerprint density at radius 2 is 1.95 bits per heavy atom. The maximum absolute atomic E-state index is 11.7. The van der Waals surface area contributed by atoms with Crippen LogP contribution >= 0.6 is 0 Å². The fourth-order valence-electron chi connectivity index (χ4n) is 2.02. The van der Waals surface area contributed by atoms with Gasteiger partial charge in [0.05, 0.1) is 4.92 Å². The van der Waals surface area contributed by atoms with Crippen molar-refractivity contribution >= 4 is 17.2 Å². The molecule has 0 saturated heterocycles. The highest BCUT2D eigenvalue weighted by Crippen LogP contribution is 2.25. The van der Waals surface area contributed by atoms with Gasteiger partial charge in [0.2, 0.25) is 0 Å². The number of anilines is 1. The molecule has 1 aromatic rings. The molecular weight excluding hydrogens is 270 g/mol. The molecule has 0 bridgehead atoms. The van der Waals surface area contributed by atoms with Crippen LogP contribution in [-0.4, -0.2) is 43.3 Å². The zero-order valence-corrected chi connectivity index (χ0v) is 13.1. The molecule has 0 spiro atoms. The minimum absolute atomic E-state index is 0.0152. The van der Waals surface area contributed by atoms with Gasteiger partial charge in [0.1, 0.15) is 0 Å². The second-order valence-corrected chi connectivity index (χ2v) is 5.26. The minimum atomic E-state index is -0.418. The Balaban J connectivity index is 3.08. The molecule has 6 heteroatoms. The van der Waals surface area contributed by atoms with E-state index in [9.17, 15) is 14.9 Å². The van der Waals surface area contributed by atoms with E-state index in [1.807, 2.05) is 37.9 Å². The number of hydrogen-bond acceptors (Lipinski definition) is 5. The van der Waals surface area contributed by atoms with Gasteiger partial charge in [0.15, 0.2) is 5.78 Å². The van der Waals surface area contributed by atoms with Gasteiger partial charge in [0, 0.05) is 57.3 Å². The first kappa shape index (κ1) is 16.7. The van der Waals surface area contributed by atoms with Crippen molar-refractivity contribution in [1.29, 1.82) is 0 Å². The number of Topliss-reactive ketones (excluding diaryl/α,β-unsaturated/α-hetero) is 1. The van der Waals surface area contributed by atoms with Crippen molar-refractivity contribution in [2.75, 3.05) is 32.6 Å². The number of carbonyl (C=O) groups excluding carboxylic acids is 1. The molecular formula is C15H21N3O3. The van der Waals surface area contributed by atoms with Crippen LogP contribution in [0.15, 0.2) is 30.0 Å². The molecule has 0 unspecified atom stereocenters. The lowest BCUT2D eigenvalue weighted by atomic mass is 10.1. The first-order chi connectivity index (χ1) is 9.72. The highest BCUT2D eigenvalue weighted by Gasteiger charge is 2.14. The number of nitrogens with zero attached hydrogens (tertiary/aromatic N) is 3. The van der Waals surface area contributed by atoms with E-state index in [-0.39, 0.29) is 11.5 Å². The summed E-state index contributed by atoms with van der Waals surface area (Å²) in [7, 11) is 5.52. The van der Waals surface area contributed by atoms with Crippen LogP contribution < -0.4 is 4.90 Å². The monoisotopic (exact) mass is 291 g/mol. The van der Waals surface area contributed by atoms with E-state index >= 15 is 0 Å². The smallest absolute Gasteiger partial charge is 0.271 e. The normalized spacial score (nSPS) is 11.2. The molecule has 0 aliphatic heterocycles. The van der Waals surface area contributed by atoms with Crippen molar-refractivity contribution in [1.82, 2.24) is 4.90 Å². The van der Waals surface area contributed by atoms with Crippen LogP contribution in [0.5, 0.6) is 0 Å². The van der Waals surface area contributed by atoms with Crippen LogP contribution in [0.25, 0.3) is 0 Å². The SMILES string of the molecule is CC(=O)/C(=C\N(C)C)CN(C)c1cc([N+](=O)[O-])ccc1C. The maximum Gasteiger partial charge on any atom is 0.271 e. The Morgan fingerprint density at radius 3 is 2.43 bits per heavy atom. The van der Waals surface area contributed by atoms with Gasteiger partial charge < -0.3 is 9.80 Å². The second kappa shape index (κ2) is 6.88. The Hall–Kier alpha value is -2.37. The predicted octanol–water partition coefficient (Wildman–Crippen LogP) is 2.37. The van der Waals surface area contributed by atoms with E-state index in [0.717, 1.165) is 11.3 Å². The number of ketones is 1. The summed E-state index contributed by atoms with van der Waals surface area (Å²) in [5, 5.41) is 10.9. The number of likely N-dealkylation sites (N-methyl/N-ethyl adjacent to an activating group) is 1. The highest BCUT2D eigenvalue weighted by molar-refractivity contribution is 5.94. The van der Waals surface area contributed by atoms with Crippen LogP contribution in [0, 0.1) is 17.0 Å². The van der Waals surface area contributed by atoms with E-state index in [0.29, 0.717) is 12.1 Å². The number of benzene rings is 1. The molecule has 0 aliphatic rings. The number of carbonyl (C=O) groups is 1. The number of non-ortho nitro benzene ring substituents is 1. The Kier molecular flexibility index (Phi) is 5.46. The summed E-state index contributed by atoms with van der Waals surface area (Å²) in [5.41, 5.74) is 2.36. The van der Waals surface area contributed by atoms with Crippen molar-refractivity contribution < 1.29 is 9.72 Å². The van der Waals surface area contributed by atoms with Crippen molar-refractivity contribution in [2.24, 2.45) is 0 Å². The van der Waals surface area contributed by atoms with Crippen LogP contribution in [0.2, 0.25) is 0 Å². The molecule has 6 nitrogen and oxygen atoms in total. The summed E-state index contributed by atoms with van der Waals surface area (Å²) in [6, 6.07) is 4.73. The first-order valence-corrected chi connectivity index (χ1v) is 6.56. The van der Waals surface area contributed by atoms with Crippen LogP contribution in [0.3, 0.4) is 0 Å². The third kappa shape index (κ3) is 4.59. The fourth-order valence-corrected chi connectivity index (χ4v) is 2.02. The Morgan fingerprint density at radius 1 is 1.33 bits per heavy atom. The zero-order chi connectivity index (χ0) is 16.2. The summed E-state index contributed by atoms with van der Waals surface area (Å²) < 4.78 is 0. The van der Waals surface area contributed by atoms with Crippen LogP contribution in [-0.2, 0) is 4.79 Å². The quantitative estimate of drug-likeness (QED) is 0.457. The second-order valence-electron chi connectivity index (χ2n) is 5.26. The van der Waals surface area contributed by atoms with E-state index < -0.39 is 4.92 Å². The average Bonchev–Trinajstić information content (AvgIpc) is 2.37. The maximum atomic E-state index is 11.7. The third-order valence-corrected chi connectivity index (χ3v) is 3.09. The molecule has 1 aromatic carbocycles. The number of hydrogen-bond donors (Lipinski definition) is 0. The van der Waals surface area contributed by atoms with E-state index in [1.54, 1.807) is 12.3 Å². The summed E-state index contributed by atoms with van der Waals surface area (Å²) in [5.74, 6) is -0.0152. The van der Waals surface area contributed by atoms with Gasteiger partial charge in [-0.1, -0.05) is 6.07 Å². The van der Waals surface area contributed by atoms with Gasteiger partial charge in [-0.15, -0.1) is 0 Å². The molecule has 0 radical (unpaired) electrons. The van der Waals surface area contributed by atoms with Crippen molar-refractivity contribution in [2.45, 2.75) is 13.8 Å². The molecule has 21 heavy (non-hydrogen) atoms. The van der Waals surface area contributed by atoms with Crippen LogP contribution in [0.1, 0.15) is 12.5 Å². The lowest BCUT2D eigenvalue weighted by Crippen LogP contribution is -2.25. The molecule has 114 valence electrons. The zero-order valence-electron chi connectivity index (χ0n) is 13.1. The van der Waals surface area contributed by atoms with Crippen molar-refractivity contribution in [3.05, 3.63) is 45.6 Å². The molecule has 0 heterocycles. The molecule has 0 atom stereocenters. The Labute approximate surface area is 124 Å². The van der Waals surface area contributed by atoms with Gasteiger partial charge in [-0.25, -0.2) is 0 Å². The summed E-state index contributed by atoms with van der Waals surface area (Å²) in [6.07, 6.45) is 1.77. The average molecular weight is 291 g/mol. The van der Waals surface area contributed by atoms with Crippen molar-refractivity contribution in [3.63, 3.8) is 0 Å². The summed E-state index contributed by atoms with van der Waals surface area (Å²) in [6.45, 7) is 3.80. The fraction of sp³-hybridized carbons (Fsp3) is 0.400. The first-order valence-electron chi connectivity index (χ1n) is 6.56. The minimum Gasteiger partial charge on any atom is -0.383 e. The summed E-state index contributed by atoms with van der Waals surface area (Å²) >= 11 is 0. The van der Waals surface area contributed by atoms with Gasteiger partial charge in [-0.3, -0.25) is 14.9 Å². The number of rotatable bonds is 6. The van der Waals surface area contributed by atoms with Gasteiger partial charge >= 0.3 is 0 Å². The lowest BCUT2D eigenvalue weighted by Gasteiger charge is -2.22. The van der Waals surface area contributed by atoms with Gasteiger partial charge in [-0.2, -0.15) is 0 Å². The highest BCUT2D eigenvalue weighted by atomic mass is 16.6. The van der Waals surface area contributed by atoms with E-state index in [4.69, 9.17) is 0 Å². The van der Waals surface area contributed by atoms with E-state index in [2.05, 4.69) is 0 Å².